The summed E-state index contributed by atoms with van der Waals surface area (Å²) < 4.78 is 1.04. The van der Waals surface area contributed by atoms with E-state index in [1.165, 1.54) is 18.7 Å². The monoisotopic (exact) mass is 443 g/mol. The first kappa shape index (κ1) is 16.8. The van der Waals surface area contributed by atoms with Crippen LogP contribution in [0.15, 0.2) is 58.6 Å². The van der Waals surface area contributed by atoms with Crippen LogP contribution in [-0.2, 0) is 0 Å². The minimum absolute atomic E-state index is 0.178. The third kappa shape index (κ3) is 3.72. The van der Waals surface area contributed by atoms with Gasteiger partial charge in [-0.15, -0.1) is 0 Å². The topological polar surface area (TPSA) is 115 Å². The zero-order valence-corrected chi connectivity index (χ0v) is 14.8. The van der Waals surface area contributed by atoms with Gasteiger partial charge in [0, 0.05) is 3.57 Å². The highest BCUT2D eigenvalue weighted by atomic mass is 127. The fourth-order valence-electron chi connectivity index (χ4n) is 2.20. The number of hydrogen-bond acceptors (Lipinski definition) is 5. The van der Waals surface area contributed by atoms with Crippen molar-refractivity contribution in [2.75, 3.05) is 0 Å². The van der Waals surface area contributed by atoms with Crippen LogP contribution in [0.4, 0.5) is 0 Å². The van der Waals surface area contributed by atoms with E-state index in [4.69, 9.17) is 5.26 Å². The van der Waals surface area contributed by atoms with Crippen molar-refractivity contribution < 1.29 is 0 Å². The molecule has 0 saturated carbocycles. The van der Waals surface area contributed by atoms with Crippen LogP contribution in [0.25, 0.3) is 21.8 Å². The van der Waals surface area contributed by atoms with Gasteiger partial charge in [-0.1, -0.05) is 0 Å². The van der Waals surface area contributed by atoms with E-state index in [2.05, 4.69) is 42.5 Å². The van der Waals surface area contributed by atoms with Crippen LogP contribution < -0.4 is 11.1 Å². The third-order valence-electron chi connectivity index (χ3n) is 3.39. The Hall–Kier alpha value is -3.06. The molecule has 7 nitrogen and oxygen atoms in total. The maximum atomic E-state index is 11.2. The van der Waals surface area contributed by atoms with Crippen molar-refractivity contribution in [1.29, 1.82) is 5.26 Å². The molecule has 4 rings (SSSR count). The molecule has 25 heavy (non-hydrogen) atoms. The number of nitrogens with zero attached hydrogens (tertiary/aromatic N) is 3. The number of rotatable bonds is 0. The van der Waals surface area contributed by atoms with Crippen LogP contribution >= 0.6 is 22.6 Å². The molecule has 0 aliphatic rings. The van der Waals surface area contributed by atoms with Crippen molar-refractivity contribution in [2.24, 2.45) is 0 Å². The second-order valence-corrected chi connectivity index (χ2v) is 6.22. The number of nitrogens with one attached hydrogen (secondary N) is 2. The van der Waals surface area contributed by atoms with Gasteiger partial charge < -0.3 is 9.97 Å². The highest BCUT2D eigenvalue weighted by Crippen LogP contribution is 2.10. The Bertz CT molecular complexity index is 1220. The fraction of sp³-hybridized carbons (Fsp3) is 0. The van der Waals surface area contributed by atoms with Gasteiger partial charge in [0.2, 0.25) is 0 Å². The van der Waals surface area contributed by atoms with Gasteiger partial charge in [-0.25, -0.2) is 0 Å². The second kappa shape index (κ2) is 7.23. The molecular formula is C17H10IN5O2. The summed E-state index contributed by atoms with van der Waals surface area (Å²) in [5, 5.41) is 9.69. The first-order valence-corrected chi connectivity index (χ1v) is 8.17. The first-order chi connectivity index (χ1) is 12.1. The number of halogens is 1. The quantitative estimate of drug-likeness (QED) is 0.405. The summed E-state index contributed by atoms with van der Waals surface area (Å²) in [5.74, 6) is 0. The van der Waals surface area contributed by atoms with E-state index >= 15 is 0 Å². The van der Waals surface area contributed by atoms with Crippen LogP contribution in [0.2, 0.25) is 0 Å². The molecule has 4 aromatic rings. The van der Waals surface area contributed by atoms with Gasteiger partial charge in [-0.3, -0.25) is 9.59 Å². The first-order valence-electron chi connectivity index (χ1n) is 7.09. The summed E-state index contributed by atoms with van der Waals surface area (Å²) in [6.07, 6.45) is 2.76. The molecule has 2 aromatic heterocycles. The zero-order chi connectivity index (χ0) is 17.8. The molecule has 0 aliphatic carbocycles. The average Bonchev–Trinajstić information content (AvgIpc) is 2.63. The van der Waals surface area contributed by atoms with Crippen LogP contribution in [-0.4, -0.2) is 19.9 Å². The number of aromatic amines is 2. The minimum Gasteiger partial charge on any atom is -0.346 e. The van der Waals surface area contributed by atoms with E-state index in [0.29, 0.717) is 21.9 Å². The lowest BCUT2D eigenvalue weighted by Crippen LogP contribution is -2.05. The van der Waals surface area contributed by atoms with E-state index in [9.17, 15) is 9.59 Å². The molecule has 0 saturated heterocycles. The highest BCUT2D eigenvalue weighted by Gasteiger charge is 1.99. The number of nitriles is 1. The van der Waals surface area contributed by atoms with Gasteiger partial charge in [0.1, 0.15) is 0 Å². The number of H-pyrrole nitrogens is 2. The van der Waals surface area contributed by atoms with Gasteiger partial charge in [-0.2, -0.15) is 15.2 Å². The molecule has 0 atom stereocenters. The Labute approximate surface area is 154 Å². The Balaban J connectivity index is 0.000000146. The lowest BCUT2D eigenvalue weighted by Gasteiger charge is -1.95. The second-order valence-electron chi connectivity index (χ2n) is 4.98. The van der Waals surface area contributed by atoms with Crippen molar-refractivity contribution >= 4 is 44.4 Å². The van der Waals surface area contributed by atoms with E-state index in [-0.39, 0.29) is 11.1 Å². The van der Waals surface area contributed by atoms with E-state index in [1.54, 1.807) is 12.1 Å². The smallest absolute Gasteiger partial charge is 0.280 e. The number of fused-ring (bicyclic) bond motifs is 2. The Morgan fingerprint density at radius 3 is 2.04 bits per heavy atom. The molecule has 0 fully saturated rings. The van der Waals surface area contributed by atoms with E-state index < -0.39 is 0 Å². The molecule has 0 spiro atoms. The molecule has 0 amide bonds. The van der Waals surface area contributed by atoms with Crippen molar-refractivity contribution in [3.63, 3.8) is 0 Å². The average molecular weight is 443 g/mol. The summed E-state index contributed by atoms with van der Waals surface area (Å²) in [4.78, 5) is 35.3. The summed E-state index contributed by atoms with van der Waals surface area (Å²) >= 11 is 2.16. The predicted molar refractivity (Wildman–Crippen MR) is 102 cm³/mol. The Morgan fingerprint density at radius 2 is 1.44 bits per heavy atom. The molecule has 2 N–H and O–H groups in total. The van der Waals surface area contributed by atoms with Crippen molar-refractivity contribution in [2.45, 2.75) is 0 Å². The molecule has 122 valence electrons. The molecule has 8 heteroatoms. The summed E-state index contributed by atoms with van der Waals surface area (Å²) in [5.41, 5.74) is 1.49. The third-order valence-corrected chi connectivity index (χ3v) is 4.07. The van der Waals surface area contributed by atoms with Gasteiger partial charge in [-0.05, 0) is 59.0 Å². The van der Waals surface area contributed by atoms with E-state index in [1.807, 2.05) is 24.3 Å². The summed E-state index contributed by atoms with van der Waals surface area (Å²) in [6.45, 7) is 0. The van der Waals surface area contributed by atoms with Crippen LogP contribution in [0.3, 0.4) is 0 Å². The number of hydrogen-bond donors (Lipinski definition) is 2. The minimum atomic E-state index is -0.314. The highest BCUT2D eigenvalue weighted by molar-refractivity contribution is 14.1. The molecule has 2 aromatic carbocycles. The van der Waals surface area contributed by atoms with Crippen molar-refractivity contribution in [3.05, 3.63) is 78.9 Å². The van der Waals surface area contributed by atoms with E-state index in [0.717, 1.165) is 9.09 Å². The molecule has 0 bridgehead atoms. The largest absolute Gasteiger partial charge is 0.346 e. The molecular weight excluding hydrogens is 433 g/mol. The summed E-state index contributed by atoms with van der Waals surface area (Å²) in [7, 11) is 0. The maximum absolute atomic E-state index is 11.2. The van der Waals surface area contributed by atoms with Crippen LogP contribution in [0, 0.1) is 14.9 Å². The Morgan fingerprint density at radius 1 is 0.880 bits per heavy atom. The molecule has 0 radical (unpaired) electrons. The van der Waals surface area contributed by atoms with Crippen LogP contribution in [0.1, 0.15) is 5.56 Å². The SMILES string of the molecule is N#Cc1ccc2[nH]cnc(=O)c2c1.O=c1nc[nH]c2ccc(I)cc12. The lowest BCUT2D eigenvalue weighted by atomic mass is 10.2. The molecule has 2 heterocycles. The number of benzene rings is 2. The van der Waals surface area contributed by atoms with Crippen molar-refractivity contribution in [1.82, 2.24) is 19.9 Å². The lowest BCUT2D eigenvalue weighted by molar-refractivity contribution is 1.17. The van der Waals surface area contributed by atoms with Gasteiger partial charge >= 0.3 is 0 Å². The zero-order valence-electron chi connectivity index (χ0n) is 12.7. The van der Waals surface area contributed by atoms with Gasteiger partial charge in [0.05, 0.1) is 46.1 Å². The molecule has 0 unspecified atom stereocenters. The predicted octanol–water partition coefficient (Wildman–Crippen LogP) is 2.32. The normalized spacial score (nSPS) is 10.1. The summed E-state index contributed by atoms with van der Waals surface area (Å²) in [6, 6.07) is 12.5. The van der Waals surface area contributed by atoms with Crippen LogP contribution in [0.5, 0.6) is 0 Å². The Kier molecular flexibility index (Phi) is 4.85. The standard InChI is InChI=1S/C9H5N3O.C8H5IN2O/c10-4-6-1-2-8-7(3-6)9(13)12-5-11-8;9-5-1-2-7-6(3-5)8(12)11-4-10-7/h1-3,5H,(H,11,12,13);1-4H,(H,10,11,12). The maximum Gasteiger partial charge on any atom is 0.280 e. The van der Waals surface area contributed by atoms with Gasteiger partial charge in [0.15, 0.2) is 0 Å². The molecule has 0 aliphatic heterocycles. The van der Waals surface area contributed by atoms with Gasteiger partial charge in [0.25, 0.3) is 11.1 Å². The fourth-order valence-corrected chi connectivity index (χ4v) is 2.69. The number of aromatic nitrogens is 4. The van der Waals surface area contributed by atoms with Crippen molar-refractivity contribution in [3.8, 4) is 6.07 Å².